The molecule has 1 fully saturated rings. The molecule has 18 heavy (non-hydrogen) atoms. The second-order valence-electron chi connectivity index (χ2n) is 4.44. The molecule has 0 atom stereocenters. The molecule has 4 nitrogen and oxygen atoms in total. The van der Waals surface area contributed by atoms with Gasteiger partial charge in [-0.2, -0.15) is 0 Å². The summed E-state index contributed by atoms with van der Waals surface area (Å²) in [6, 6.07) is 5.55. The number of carbonyl (C=O) groups excluding carboxylic acids is 1. The predicted molar refractivity (Wildman–Crippen MR) is 69.3 cm³/mol. The Bertz CT molecular complexity index is 400. The summed E-state index contributed by atoms with van der Waals surface area (Å²) >= 11 is 0. The number of morpholine rings is 1. The molecule has 1 saturated heterocycles. The van der Waals surface area contributed by atoms with E-state index in [9.17, 15) is 4.79 Å². The Kier molecular flexibility index (Phi) is 4.73. The summed E-state index contributed by atoms with van der Waals surface area (Å²) < 4.78 is 11.0. The smallest absolute Gasteiger partial charge is 0.150 e. The molecule has 0 radical (unpaired) electrons. The number of benzene rings is 1. The molecule has 0 aliphatic carbocycles. The largest absolute Gasteiger partial charge is 0.492 e. The van der Waals surface area contributed by atoms with Gasteiger partial charge in [0.25, 0.3) is 0 Å². The summed E-state index contributed by atoms with van der Waals surface area (Å²) in [5.41, 5.74) is 1.67. The first-order valence-electron chi connectivity index (χ1n) is 6.28. The molecule has 0 amide bonds. The van der Waals surface area contributed by atoms with Crippen molar-refractivity contribution in [2.24, 2.45) is 0 Å². The minimum absolute atomic E-state index is 0.667. The summed E-state index contributed by atoms with van der Waals surface area (Å²) in [4.78, 5) is 13.0. The summed E-state index contributed by atoms with van der Waals surface area (Å²) in [5, 5.41) is 0. The Hall–Kier alpha value is -1.39. The van der Waals surface area contributed by atoms with Crippen LogP contribution < -0.4 is 4.74 Å². The maximum absolute atomic E-state index is 10.7. The molecule has 1 aliphatic heterocycles. The number of ether oxygens (including phenoxy) is 2. The molecular formula is C14H19NO3. The van der Waals surface area contributed by atoms with Gasteiger partial charge in [0, 0.05) is 25.2 Å². The minimum atomic E-state index is 0.667. The van der Waals surface area contributed by atoms with Gasteiger partial charge in [-0.15, -0.1) is 0 Å². The van der Waals surface area contributed by atoms with Crippen molar-refractivity contribution in [3.05, 3.63) is 29.3 Å². The molecule has 0 saturated carbocycles. The zero-order valence-corrected chi connectivity index (χ0v) is 10.7. The van der Waals surface area contributed by atoms with Crippen LogP contribution in [0, 0.1) is 6.92 Å². The highest BCUT2D eigenvalue weighted by molar-refractivity contribution is 5.77. The molecular weight excluding hydrogens is 230 g/mol. The number of aldehydes is 1. The van der Waals surface area contributed by atoms with Crippen LogP contribution in [-0.2, 0) is 4.74 Å². The molecule has 0 bridgehead atoms. The van der Waals surface area contributed by atoms with Crippen molar-refractivity contribution in [1.82, 2.24) is 4.90 Å². The highest BCUT2D eigenvalue weighted by Crippen LogP contribution is 2.16. The summed E-state index contributed by atoms with van der Waals surface area (Å²) in [6.07, 6.45) is 0.868. The van der Waals surface area contributed by atoms with Crippen molar-refractivity contribution in [2.75, 3.05) is 39.5 Å². The number of carbonyl (C=O) groups is 1. The third-order valence-corrected chi connectivity index (χ3v) is 3.15. The molecule has 1 aromatic carbocycles. The van der Waals surface area contributed by atoms with E-state index in [-0.39, 0.29) is 0 Å². The van der Waals surface area contributed by atoms with Crippen LogP contribution in [0.5, 0.6) is 5.75 Å². The fourth-order valence-electron chi connectivity index (χ4n) is 1.99. The first-order chi connectivity index (χ1) is 8.79. The summed E-state index contributed by atoms with van der Waals surface area (Å²) in [7, 11) is 0. The van der Waals surface area contributed by atoms with Crippen LogP contribution in [0.1, 0.15) is 15.9 Å². The Morgan fingerprint density at radius 2 is 2.17 bits per heavy atom. The first-order valence-corrected chi connectivity index (χ1v) is 6.28. The third-order valence-electron chi connectivity index (χ3n) is 3.15. The van der Waals surface area contributed by atoms with Gasteiger partial charge in [-0.1, -0.05) is 0 Å². The predicted octanol–water partition coefficient (Wildman–Crippen LogP) is 1.52. The summed E-state index contributed by atoms with van der Waals surface area (Å²) in [5.74, 6) is 0.825. The van der Waals surface area contributed by atoms with Crippen molar-refractivity contribution in [3.8, 4) is 5.75 Å². The zero-order chi connectivity index (χ0) is 12.8. The summed E-state index contributed by atoms with van der Waals surface area (Å²) in [6.45, 7) is 7.08. The topological polar surface area (TPSA) is 38.8 Å². The molecule has 0 aromatic heterocycles. The van der Waals surface area contributed by atoms with E-state index >= 15 is 0 Å². The van der Waals surface area contributed by atoms with Gasteiger partial charge in [-0.3, -0.25) is 9.69 Å². The van der Waals surface area contributed by atoms with Crippen LogP contribution in [0.25, 0.3) is 0 Å². The van der Waals surface area contributed by atoms with Gasteiger partial charge in [-0.25, -0.2) is 0 Å². The highest BCUT2D eigenvalue weighted by Gasteiger charge is 2.09. The van der Waals surface area contributed by atoms with Crippen LogP contribution in [0.3, 0.4) is 0 Å². The van der Waals surface area contributed by atoms with Crippen LogP contribution in [0.4, 0.5) is 0 Å². The molecule has 0 spiro atoms. The highest BCUT2D eigenvalue weighted by atomic mass is 16.5. The monoisotopic (exact) mass is 249 g/mol. The normalized spacial score (nSPS) is 16.5. The van der Waals surface area contributed by atoms with Crippen molar-refractivity contribution in [2.45, 2.75) is 6.92 Å². The van der Waals surface area contributed by atoms with Gasteiger partial charge in [0.15, 0.2) is 0 Å². The zero-order valence-electron chi connectivity index (χ0n) is 10.7. The number of rotatable bonds is 5. The second-order valence-corrected chi connectivity index (χ2v) is 4.44. The molecule has 0 N–H and O–H groups in total. The molecule has 1 heterocycles. The fourth-order valence-corrected chi connectivity index (χ4v) is 1.99. The van der Waals surface area contributed by atoms with Crippen molar-refractivity contribution < 1.29 is 14.3 Å². The lowest BCUT2D eigenvalue weighted by Gasteiger charge is -2.26. The van der Waals surface area contributed by atoms with Gasteiger partial charge >= 0.3 is 0 Å². The lowest BCUT2D eigenvalue weighted by molar-refractivity contribution is 0.0322. The lowest BCUT2D eigenvalue weighted by atomic mass is 10.1. The molecule has 4 heteroatoms. The SMILES string of the molecule is Cc1cc(OCCN2CCOCC2)ccc1C=O. The fraction of sp³-hybridized carbons (Fsp3) is 0.500. The van der Waals surface area contributed by atoms with Crippen LogP contribution in [0.15, 0.2) is 18.2 Å². The van der Waals surface area contributed by atoms with E-state index in [1.807, 2.05) is 19.1 Å². The van der Waals surface area contributed by atoms with Crippen molar-refractivity contribution in [3.63, 3.8) is 0 Å². The maximum atomic E-state index is 10.7. The quantitative estimate of drug-likeness (QED) is 0.742. The maximum Gasteiger partial charge on any atom is 0.150 e. The van der Waals surface area contributed by atoms with Crippen LogP contribution in [-0.4, -0.2) is 50.6 Å². The van der Waals surface area contributed by atoms with E-state index in [1.165, 1.54) is 0 Å². The van der Waals surface area contributed by atoms with E-state index in [4.69, 9.17) is 9.47 Å². The molecule has 1 aromatic rings. The molecule has 1 aliphatic rings. The van der Waals surface area contributed by atoms with Gasteiger partial charge in [-0.05, 0) is 30.7 Å². The van der Waals surface area contributed by atoms with Crippen LogP contribution >= 0.6 is 0 Å². The van der Waals surface area contributed by atoms with Gasteiger partial charge < -0.3 is 9.47 Å². The number of nitrogens with zero attached hydrogens (tertiary/aromatic N) is 1. The number of hydrogen-bond donors (Lipinski definition) is 0. The first kappa shape index (κ1) is 13.1. The minimum Gasteiger partial charge on any atom is -0.492 e. The Balaban J connectivity index is 1.79. The Morgan fingerprint density at radius 1 is 1.39 bits per heavy atom. The van der Waals surface area contributed by atoms with E-state index in [1.54, 1.807) is 6.07 Å². The van der Waals surface area contributed by atoms with Gasteiger partial charge in [0.1, 0.15) is 18.6 Å². The average molecular weight is 249 g/mol. The number of aryl methyl sites for hydroxylation is 1. The lowest BCUT2D eigenvalue weighted by Crippen LogP contribution is -2.38. The Labute approximate surface area is 107 Å². The van der Waals surface area contributed by atoms with Gasteiger partial charge in [0.05, 0.1) is 13.2 Å². The van der Waals surface area contributed by atoms with Crippen LogP contribution in [0.2, 0.25) is 0 Å². The van der Waals surface area contributed by atoms with Gasteiger partial charge in [0.2, 0.25) is 0 Å². The molecule has 2 rings (SSSR count). The van der Waals surface area contributed by atoms with E-state index in [0.717, 1.165) is 56.0 Å². The Morgan fingerprint density at radius 3 is 2.83 bits per heavy atom. The van der Waals surface area contributed by atoms with Crippen molar-refractivity contribution >= 4 is 6.29 Å². The average Bonchev–Trinajstić information content (AvgIpc) is 2.40. The number of hydrogen-bond acceptors (Lipinski definition) is 4. The molecule has 0 unspecified atom stereocenters. The third kappa shape index (κ3) is 3.55. The second kappa shape index (κ2) is 6.52. The standard InChI is InChI=1S/C14H19NO3/c1-12-10-14(3-2-13(12)11-16)18-9-6-15-4-7-17-8-5-15/h2-3,10-11H,4-9H2,1H3. The van der Waals surface area contributed by atoms with E-state index in [2.05, 4.69) is 4.90 Å². The van der Waals surface area contributed by atoms with E-state index < -0.39 is 0 Å². The van der Waals surface area contributed by atoms with Crippen molar-refractivity contribution in [1.29, 1.82) is 0 Å². The molecule has 98 valence electrons. The van der Waals surface area contributed by atoms with E-state index in [0.29, 0.717) is 6.61 Å².